The molecule has 0 aromatic heterocycles. The largest absolute Gasteiger partial charge is 0.481 e. The lowest BCUT2D eigenvalue weighted by Gasteiger charge is -2.43. The van der Waals surface area contributed by atoms with Crippen molar-refractivity contribution in [3.8, 4) is 5.75 Å². The molecule has 1 aromatic carbocycles. The van der Waals surface area contributed by atoms with Crippen LogP contribution in [0.5, 0.6) is 5.75 Å². The highest BCUT2D eigenvalue weighted by molar-refractivity contribution is 9.10. The third-order valence-corrected chi connectivity index (χ3v) is 4.57. The van der Waals surface area contributed by atoms with Crippen molar-refractivity contribution in [3.63, 3.8) is 0 Å². The quantitative estimate of drug-likeness (QED) is 0.860. The van der Waals surface area contributed by atoms with E-state index >= 15 is 0 Å². The molecule has 2 atom stereocenters. The van der Waals surface area contributed by atoms with Gasteiger partial charge in [0.15, 0.2) is 6.10 Å². The molecule has 2 N–H and O–H groups in total. The monoisotopic (exact) mass is 390 g/mol. The van der Waals surface area contributed by atoms with Crippen LogP contribution in [0.4, 0.5) is 0 Å². The summed E-state index contributed by atoms with van der Waals surface area (Å²) in [5, 5.41) is 0. The average Bonchev–Trinajstić information content (AvgIpc) is 2.41. The lowest BCUT2D eigenvalue weighted by molar-refractivity contribution is -0.141. The minimum Gasteiger partial charge on any atom is -0.481 e. The molecule has 22 heavy (non-hydrogen) atoms. The van der Waals surface area contributed by atoms with Gasteiger partial charge in [0.1, 0.15) is 5.75 Å². The molecule has 0 spiro atoms. The Morgan fingerprint density at radius 2 is 2.18 bits per heavy atom. The number of likely N-dealkylation sites (tertiary alicyclic amines) is 1. The van der Waals surface area contributed by atoms with E-state index in [1.807, 2.05) is 29.2 Å². The summed E-state index contributed by atoms with van der Waals surface area (Å²) < 4.78 is 6.69. The van der Waals surface area contributed by atoms with Crippen molar-refractivity contribution in [2.24, 2.45) is 11.1 Å². The number of hydrogen-bond acceptors (Lipinski definition) is 3. The fraction of sp³-hybridized carbons (Fsp3) is 0.562. The maximum atomic E-state index is 12.5. The van der Waals surface area contributed by atoms with E-state index in [0.29, 0.717) is 18.8 Å². The summed E-state index contributed by atoms with van der Waals surface area (Å²) in [6, 6.07) is 7.67. The Kier molecular flexibility index (Phi) is 6.71. The first-order valence-electron chi connectivity index (χ1n) is 7.26. The lowest BCUT2D eigenvalue weighted by atomic mass is 9.79. The van der Waals surface area contributed by atoms with E-state index in [1.165, 1.54) is 0 Å². The number of hydrogen-bond donors (Lipinski definition) is 1. The molecule has 124 valence electrons. The molecule has 0 aliphatic carbocycles. The number of benzene rings is 1. The maximum absolute atomic E-state index is 12.5. The Bertz CT molecular complexity index is 525. The van der Waals surface area contributed by atoms with Crippen molar-refractivity contribution in [1.29, 1.82) is 0 Å². The molecule has 1 amide bonds. The predicted molar refractivity (Wildman–Crippen MR) is 94.4 cm³/mol. The van der Waals surface area contributed by atoms with Crippen LogP contribution in [0.1, 0.15) is 27.2 Å². The zero-order chi connectivity index (χ0) is 15.6. The molecule has 2 rings (SSSR count). The van der Waals surface area contributed by atoms with Crippen molar-refractivity contribution >= 4 is 34.2 Å². The number of nitrogens with two attached hydrogens (primary N) is 1. The predicted octanol–water partition coefficient (Wildman–Crippen LogP) is 3.22. The first-order chi connectivity index (χ1) is 9.79. The van der Waals surface area contributed by atoms with Gasteiger partial charge in [-0.2, -0.15) is 0 Å². The number of rotatable bonds is 3. The smallest absolute Gasteiger partial charge is 0.263 e. The zero-order valence-electron chi connectivity index (χ0n) is 13.2. The van der Waals surface area contributed by atoms with Crippen molar-refractivity contribution < 1.29 is 9.53 Å². The van der Waals surface area contributed by atoms with E-state index in [1.54, 1.807) is 6.92 Å². The minimum absolute atomic E-state index is 0. The summed E-state index contributed by atoms with van der Waals surface area (Å²) in [5.41, 5.74) is 6.06. The van der Waals surface area contributed by atoms with E-state index in [4.69, 9.17) is 10.5 Å². The topological polar surface area (TPSA) is 55.6 Å². The highest BCUT2D eigenvalue weighted by Gasteiger charge is 2.36. The molecule has 1 aromatic rings. The molecular formula is C16H24BrClN2O2. The van der Waals surface area contributed by atoms with Gasteiger partial charge in [-0.05, 0) is 37.0 Å². The van der Waals surface area contributed by atoms with E-state index in [-0.39, 0.29) is 29.8 Å². The van der Waals surface area contributed by atoms with E-state index < -0.39 is 6.10 Å². The fourth-order valence-corrected chi connectivity index (χ4v) is 2.99. The summed E-state index contributed by atoms with van der Waals surface area (Å²) >= 11 is 3.40. The van der Waals surface area contributed by atoms with Crippen LogP contribution in [0.25, 0.3) is 0 Å². The number of ether oxygens (including phenoxy) is 1. The lowest BCUT2D eigenvalue weighted by Crippen LogP contribution is -2.56. The molecule has 1 aliphatic rings. The van der Waals surface area contributed by atoms with Crippen molar-refractivity contribution in [2.45, 2.75) is 39.3 Å². The molecule has 1 heterocycles. The van der Waals surface area contributed by atoms with E-state index in [2.05, 4.69) is 29.8 Å². The minimum atomic E-state index is -0.496. The second-order valence-electron chi connectivity index (χ2n) is 6.36. The molecule has 0 bridgehead atoms. The second kappa shape index (κ2) is 7.66. The number of amides is 1. The molecule has 0 radical (unpaired) electrons. The molecule has 1 fully saturated rings. The van der Waals surface area contributed by atoms with Gasteiger partial charge in [0, 0.05) is 23.6 Å². The van der Waals surface area contributed by atoms with Gasteiger partial charge in [-0.3, -0.25) is 4.79 Å². The van der Waals surface area contributed by atoms with Crippen LogP contribution in [0.2, 0.25) is 0 Å². The van der Waals surface area contributed by atoms with Crippen molar-refractivity contribution in [2.75, 3.05) is 13.1 Å². The van der Waals surface area contributed by atoms with Gasteiger partial charge >= 0.3 is 0 Å². The van der Waals surface area contributed by atoms with Gasteiger partial charge in [0.05, 0.1) is 0 Å². The first-order valence-corrected chi connectivity index (χ1v) is 8.05. The van der Waals surface area contributed by atoms with Gasteiger partial charge in [0.2, 0.25) is 0 Å². The van der Waals surface area contributed by atoms with Crippen LogP contribution in [0, 0.1) is 5.41 Å². The summed E-state index contributed by atoms with van der Waals surface area (Å²) in [6.45, 7) is 7.40. The number of halogens is 2. The number of piperidine rings is 1. The van der Waals surface area contributed by atoms with Gasteiger partial charge in [-0.1, -0.05) is 35.8 Å². The summed E-state index contributed by atoms with van der Waals surface area (Å²) in [7, 11) is 0. The summed E-state index contributed by atoms with van der Waals surface area (Å²) in [4.78, 5) is 14.4. The Hall–Kier alpha value is -0.780. The Morgan fingerprint density at radius 1 is 1.50 bits per heavy atom. The molecular weight excluding hydrogens is 368 g/mol. The number of carbonyl (C=O) groups is 1. The molecule has 1 saturated heterocycles. The van der Waals surface area contributed by atoms with Crippen LogP contribution in [-0.2, 0) is 4.79 Å². The first kappa shape index (κ1) is 19.3. The molecule has 1 aliphatic heterocycles. The van der Waals surface area contributed by atoms with Crippen LogP contribution in [-0.4, -0.2) is 36.0 Å². The van der Waals surface area contributed by atoms with Gasteiger partial charge in [-0.15, -0.1) is 12.4 Å². The van der Waals surface area contributed by atoms with Crippen molar-refractivity contribution in [1.82, 2.24) is 4.90 Å². The molecule has 6 heteroatoms. The Balaban J connectivity index is 0.00000242. The third-order valence-electron chi connectivity index (χ3n) is 4.08. The van der Waals surface area contributed by atoms with Gasteiger partial charge < -0.3 is 15.4 Å². The van der Waals surface area contributed by atoms with Gasteiger partial charge in [-0.25, -0.2) is 0 Å². The van der Waals surface area contributed by atoms with Crippen LogP contribution >= 0.6 is 28.3 Å². The summed E-state index contributed by atoms with van der Waals surface area (Å²) in [6.07, 6.45) is 0.340. The fourth-order valence-electron chi connectivity index (χ4n) is 2.61. The van der Waals surface area contributed by atoms with Crippen LogP contribution < -0.4 is 10.5 Å². The SMILES string of the molecule is CC(Oc1cccc(Br)c1)C(=O)N1CCC(N)C(C)(C)C1.Cl. The molecule has 0 saturated carbocycles. The molecule has 4 nitrogen and oxygen atoms in total. The Labute approximate surface area is 146 Å². The highest BCUT2D eigenvalue weighted by Crippen LogP contribution is 2.28. The van der Waals surface area contributed by atoms with Crippen molar-refractivity contribution in [3.05, 3.63) is 28.7 Å². The average molecular weight is 392 g/mol. The number of carbonyl (C=O) groups excluding carboxylic acids is 1. The van der Waals surface area contributed by atoms with E-state index in [9.17, 15) is 4.79 Å². The van der Waals surface area contributed by atoms with Crippen LogP contribution in [0.3, 0.4) is 0 Å². The normalized spacial score (nSPS) is 21.7. The van der Waals surface area contributed by atoms with Crippen LogP contribution in [0.15, 0.2) is 28.7 Å². The number of nitrogens with zero attached hydrogens (tertiary/aromatic N) is 1. The zero-order valence-corrected chi connectivity index (χ0v) is 15.6. The Morgan fingerprint density at radius 3 is 2.77 bits per heavy atom. The molecule has 2 unspecified atom stereocenters. The standard InChI is InChI=1S/C16H23BrN2O2.ClH/c1-11(21-13-6-4-5-12(17)9-13)15(20)19-8-7-14(18)16(2,3)10-19;/h4-6,9,11,14H,7-8,10,18H2,1-3H3;1H. The maximum Gasteiger partial charge on any atom is 0.263 e. The second-order valence-corrected chi connectivity index (χ2v) is 7.28. The summed E-state index contributed by atoms with van der Waals surface area (Å²) in [5.74, 6) is 0.716. The third kappa shape index (κ3) is 4.61. The van der Waals surface area contributed by atoms with Gasteiger partial charge in [0.25, 0.3) is 5.91 Å². The van der Waals surface area contributed by atoms with E-state index in [0.717, 1.165) is 10.9 Å². The highest BCUT2D eigenvalue weighted by atomic mass is 79.9.